The maximum Gasteiger partial charge on any atom is 0.277 e. The van der Waals surface area contributed by atoms with E-state index in [4.69, 9.17) is 18.9 Å². The van der Waals surface area contributed by atoms with Crippen LogP contribution in [0.4, 0.5) is 0 Å². The van der Waals surface area contributed by atoms with Crippen LogP contribution in [0.1, 0.15) is 25.0 Å². The van der Waals surface area contributed by atoms with Crippen molar-refractivity contribution in [3.05, 3.63) is 47.5 Å². The molecule has 2 aromatic carbocycles. The number of hydrazone groups is 1. The molecule has 1 heterocycles. The molecule has 1 aliphatic heterocycles. The summed E-state index contributed by atoms with van der Waals surface area (Å²) in [4.78, 5) is 12.0. The van der Waals surface area contributed by atoms with Crippen LogP contribution in [0, 0.1) is 0 Å². The zero-order chi connectivity index (χ0) is 19.9. The van der Waals surface area contributed by atoms with Gasteiger partial charge in [-0.1, -0.05) is 12.1 Å². The van der Waals surface area contributed by atoms with Gasteiger partial charge >= 0.3 is 0 Å². The summed E-state index contributed by atoms with van der Waals surface area (Å²) in [7, 11) is 1.55. The largest absolute Gasteiger partial charge is 0.493 e. The fraction of sp³-hybridized carbons (Fsp3) is 0.333. The van der Waals surface area contributed by atoms with E-state index in [1.54, 1.807) is 31.5 Å². The van der Waals surface area contributed by atoms with Crippen LogP contribution in [0.5, 0.6) is 23.0 Å². The van der Waals surface area contributed by atoms with Crippen molar-refractivity contribution in [2.45, 2.75) is 26.4 Å². The number of para-hydroxylation sites is 2. The first-order chi connectivity index (χ1) is 13.6. The lowest BCUT2D eigenvalue weighted by Gasteiger charge is -2.10. The third-order valence-electron chi connectivity index (χ3n) is 4.15. The summed E-state index contributed by atoms with van der Waals surface area (Å²) in [6, 6.07) is 11.0. The number of amides is 1. The summed E-state index contributed by atoms with van der Waals surface area (Å²) in [6.45, 7) is 4.30. The van der Waals surface area contributed by atoms with E-state index in [-0.39, 0.29) is 18.6 Å². The van der Waals surface area contributed by atoms with Gasteiger partial charge in [0.2, 0.25) is 0 Å². The SMILES string of the molecule is CCOc1cc2c(cc1/C=N\NC(=O)COc1ccccc1OC)O[C@H](C)C2. The van der Waals surface area contributed by atoms with Gasteiger partial charge in [0.1, 0.15) is 17.6 Å². The minimum Gasteiger partial charge on any atom is -0.493 e. The molecule has 7 nitrogen and oxygen atoms in total. The van der Waals surface area contributed by atoms with Gasteiger partial charge in [-0.2, -0.15) is 5.10 Å². The first-order valence-corrected chi connectivity index (χ1v) is 9.14. The topological polar surface area (TPSA) is 78.4 Å². The summed E-state index contributed by atoms with van der Waals surface area (Å²) in [5.41, 5.74) is 4.30. The van der Waals surface area contributed by atoms with E-state index in [2.05, 4.69) is 10.5 Å². The van der Waals surface area contributed by atoms with E-state index in [9.17, 15) is 4.79 Å². The van der Waals surface area contributed by atoms with Crippen LogP contribution >= 0.6 is 0 Å². The molecule has 148 valence electrons. The molecule has 28 heavy (non-hydrogen) atoms. The van der Waals surface area contributed by atoms with E-state index in [0.717, 1.165) is 23.3 Å². The van der Waals surface area contributed by atoms with E-state index in [0.29, 0.717) is 23.9 Å². The number of fused-ring (bicyclic) bond motifs is 1. The molecule has 0 saturated carbocycles. The zero-order valence-corrected chi connectivity index (χ0v) is 16.2. The smallest absolute Gasteiger partial charge is 0.277 e. The minimum atomic E-state index is -0.383. The molecule has 0 unspecified atom stereocenters. The molecule has 7 heteroatoms. The minimum absolute atomic E-state index is 0.142. The second-order valence-corrected chi connectivity index (χ2v) is 6.30. The quantitative estimate of drug-likeness (QED) is 0.559. The molecule has 0 saturated heterocycles. The van der Waals surface area contributed by atoms with Crippen molar-refractivity contribution in [2.75, 3.05) is 20.3 Å². The van der Waals surface area contributed by atoms with Gasteiger partial charge in [-0.15, -0.1) is 0 Å². The van der Waals surface area contributed by atoms with Crippen LogP contribution in [-0.4, -0.2) is 38.5 Å². The summed E-state index contributed by atoms with van der Waals surface area (Å²) >= 11 is 0. The van der Waals surface area contributed by atoms with Crippen LogP contribution in [0.15, 0.2) is 41.5 Å². The number of rotatable bonds is 8. The second-order valence-electron chi connectivity index (χ2n) is 6.30. The van der Waals surface area contributed by atoms with Crippen molar-refractivity contribution in [3.63, 3.8) is 0 Å². The lowest BCUT2D eigenvalue weighted by atomic mass is 10.1. The highest BCUT2D eigenvalue weighted by atomic mass is 16.5. The highest BCUT2D eigenvalue weighted by molar-refractivity contribution is 5.86. The Morgan fingerprint density at radius 1 is 1.25 bits per heavy atom. The molecule has 3 rings (SSSR count). The Bertz CT molecular complexity index is 866. The van der Waals surface area contributed by atoms with Crippen LogP contribution < -0.4 is 24.4 Å². The number of hydrogen-bond acceptors (Lipinski definition) is 6. The van der Waals surface area contributed by atoms with Gasteiger partial charge < -0.3 is 18.9 Å². The number of nitrogens with one attached hydrogen (secondary N) is 1. The summed E-state index contributed by atoms with van der Waals surface area (Å²) in [5.74, 6) is 2.21. The third kappa shape index (κ3) is 4.73. The molecule has 0 spiro atoms. The average Bonchev–Trinajstić information content (AvgIpc) is 3.05. The normalized spacial score (nSPS) is 15.0. The molecule has 1 amide bonds. The Morgan fingerprint density at radius 2 is 2.04 bits per heavy atom. The first-order valence-electron chi connectivity index (χ1n) is 9.14. The van der Waals surface area contributed by atoms with E-state index in [1.807, 2.05) is 32.0 Å². The fourth-order valence-electron chi connectivity index (χ4n) is 2.92. The van der Waals surface area contributed by atoms with Crippen LogP contribution in [-0.2, 0) is 11.2 Å². The number of benzene rings is 2. The molecule has 1 N–H and O–H groups in total. The van der Waals surface area contributed by atoms with E-state index in [1.165, 1.54) is 0 Å². The van der Waals surface area contributed by atoms with Gasteiger partial charge in [-0.05, 0) is 38.1 Å². The van der Waals surface area contributed by atoms with Crippen molar-refractivity contribution in [3.8, 4) is 23.0 Å². The number of nitrogens with zero attached hydrogens (tertiary/aromatic N) is 1. The Labute approximate surface area is 164 Å². The van der Waals surface area contributed by atoms with Crippen molar-refractivity contribution in [1.29, 1.82) is 0 Å². The van der Waals surface area contributed by atoms with Gasteiger partial charge in [-0.3, -0.25) is 4.79 Å². The summed E-state index contributed by atoms with van der Waals surface area (Å²) < 4.78 is 22.1. The van der Waals surface area contributed by atoms with Crippen LogP contribution in [0.2, 0.25) is 0 Å². The number of methoxy groups -OCH3 is 1. The van der Waals surface area contributed by atoms with Gasteiger partial charge in [0.15, 0.2) is 18.1 Å². The molecule has 1 aliphatic rings. The van der Waals surface area contributed by atoms with Crippen LogP contribution in [0.3, 0.4) is 0 Å². The molecule has 0 aromatic heterocycles. The lowest BCUT2D eigenvalue weighted by molar-refractivity contribution is -0.123. The Morgan fingerprint density at radius 3 is 2.79 bits per heavy atom. The van der Waals surface area contributed by atoms with E-state index < -0.39 is 0 Å². The summed E-state index contributed by atoms with van der Waals surface area (Å²) in [5, 5.41) is 4.01. The maximum absolute atomic E-state index is 12.0. The highest BCUT2D eigenvalue weighted by Gasteiger charge is 2.21. The van der Waals surface area contributed by atoms with Crippen molar-refractivity contribution in [1.82, 2.24) is 5.43 Å². The molecule has 0 bridgehead atoms. The predicted molar refractivity (Wildman–Crippen MR) is 106 cm³/mol. The van der Waals surface area contributed by atoms with Gasteiger partial charge in [0.05, 0.1) is 19.9 Å². The third-order valence-corrected chi connectivity index (χ3v) is 4.15. The number of ether oxygens (including phenoxy) is 4. The maximum atomic E-state index is 12.0. The Hall–Kier alpha value is -3.22. The van der Waals surface area contributed by atoms with Gasteiger partial charge in [0, 0.05) is 17.5 Å². The molecule has 0 radical (unpaired) electrons. The molecule has 0 aliphatic carbocycles. The molecule has 2 aromatic rings. The number of carbonyl (C=O) groups is 1. The second kappa shape index (κ2) is 9.12. The molecule has 0 fully saturated rings. The molecular weight excluding hydrogens is 360 g/mol. The van der Waals surface area contributed by atoms with Gasteiger partial charge in [-0.25, -0.2) is 5.43 Å². The molecular formula is C21H24N2O5. The Balaban J connectivity index is 1.61. The first kappa shape index (κ1) is 19.5. The average molecular weight is 384 g/mol. The van der Waals surface area contributed by atoms with Gasteiger partial charge in [0.25, 0.3) is 5.91 Å². The van der Waals surface area contributed by atoms with Crippen LogP contribution in [0.25, 0.3) is 0 Å². The highest BCUT2D eigenvalue weighted by Crippen LogP contribution is 2.34. The lowest BCUT2D eigenvalue weighted by Crippen LogP contribution is -2.24. The van der Waals surface area contributed by atoms with Crippen molar-refractivity contribution < 1.29 is 23.7 Å². The fourth-order valence-corrected chi connectivity index (χ4v) is 2.92. The number of carbonyl (C=O) groups excluding carboxylic acids is 1. The Kier molecular flexibility index (Phi) is 6.37. The number of hydrogen-bond donors (Lipinski definition) is 1. The van der Waals surface area contributed by atoms with Crippen molar-refractivity contribution in [2.24, 2.45) is 5.10 Å². The predicted octanol–water partition coefficient (Wildman–Crippen LogP) is 2.95. The van der Waals surface area contributed by atoms with Crippen molar-refractivity contribution >= 4 is 12.1 Å². The molecule has 1 atom stereocenters. The standard InChI is InChI=1S/C21H24N2O5/c1-4-26-19-10-15-9-14(2)28-20(15)11-16(19)12-22-23-21(24)13-27-18-8-6-5-7-17(18)25-3/h5-8,10-12,14H,4,9,13H2,1-3H3,(H,23,24)/b22-12-/t14-/m1/s1. The summed E-state index contributed by atoms with van der Waals surface area (Å²) in [6.07, 6.45) is 2.53. The zero-order valence-electron chi connectivity index (χ0n) is 16.2. The van der Waals surface area contributed by atoms with E-state index >= 15 is 0 Å². The monoisotopic (exact) mass is 384 g/mol.